The van der Waals surface area contributed by atoms with Gasteiger partial charge in [-0.05, 0) is 31.5 Å². The molecule has 0 N–H and O–H groups in total. The van der Waals surface area contributed by atoms with Crippen molar-refractivity contribution >= 4 is 45.2 Å². The van der Waals surface area contributed by atoms with Gasteiger partial charge in [-0.3, -0.25) is 0 Å². The standard InChI is InChI=1S/C12H16I2O2/c1-3-15-9(2)16-11-6-4-10(5-7-11)12(14)8-13/h4-7,9,12H,3,8H2,1-2H3. The van der Waals surface area contributed by atoms with Crippen LogP contribution in [0.4, 0.5) is 0 Å². The molecule has 2 atom stereocenters. The molecule has 2 unspecified atom stereocenters. The molecule has 0 aliphatic heterocycles. The minimum atomic E-state index is -0.184. The number of hydrogen-bond acceptors (Lipinski definition) is 2. The molecule has 0 aromatic heterocycles. The highest BCUT2D eigenvalue weighted by atomic mass is 127. The first-order chi connectivity index (χ1) is 7.67. The molecule has 0 bridgehead atoms. The molecule has 90 valence electrons. The minimum absolute atomic E-state index is 0.184. The zero-order chi connectivity index (χ0) is 12.0. The largest absolute Gasteiger partial charge is 0.465 e. The van der Waals surface area contributed by atoms with E-state index >= 15 is 0 Å². The first-order valence-electron chi connectivity index (χ1n) is 5.25. The summed E-state index contributed by atoms with van der Waals surface area (Å²) in [6.45, 7) is 4.54. The predicted molar refractivity (Wildman–Crippen MR) is 83.8 cm³/mol. The highest BCUT2D eigenvalue weighted by Gasteiger charge is 2.06. The maximum atomic E-state index is 5.60. The molecule has 0 spiro atoms. The Bertz CT molecular complexity index is 300. The van der Waals surface area contributed by atoms with Crippen molar-refractivity contribution in [2.45, 2.75) is 24.1 Å². The molecule has 0 aliphatic rings. The summed E-state index contributed by atoms with van der Waals surface area (Å²) in [5, 5.41) is 0. The molecule has 16 heavy (non-hydrogen) atoms. The van der Waals surface area contributed by atoms with Crippen molar-refractivity contribution in [3.8, 4) is 5.75 Å². The van der Waals surface area contributed by atoms with E-state index in [1.54, 1.807) is 0 Å². The molecule has 0 radical (unpaired) electrons. The Morgan fingerprint density at radius 3 is 2.38 bits per heavy atom. The van der Waals surface area contributed by atoms with E-state index < -0.39 is 0 Å². The van der Waals surface area contributed by atoms with Crippen LogP contribution < -0.4 is 4.74 Å². The van der Waals surface area contributed by atoms with Gasteiger partial charge in [-0.25, -0.2) is 0 Å². The van der Waals surface area contributed by atoms with E-state index in [0.717, 1.165) is 10.2 Å². The van der Waals surface area contributed by atoms with Gasteiger partial charge in [-0.2, -0.15) is 0 Å². The third-order valence-corrected chi connectivity index (χ3v) is 5.81. The Hall–Kier alpha value is 0.440. The van der Waals surface area contributed by atoms with Gasteiger partial charge in [0, 0.05) is 15.0 Å². The highest BCUT2D eigenvalue weighted by Crippen LogP contribution is 2.27. The summed E-state index contributed by atoms with van der Waals surface area (Å²) in [5.74, 6) is 0.863. The molecule has 1 aromatic rings. The van der Waals surface area contributed by atoms with Gasteiger partial charge in [0.1, 0.15) is 5.75 Å². The Morgan fingerprint density at radius 1 is 1.25 bits per heavy atom. The normalized spacial score (nSPS) is 14.5. The first kappa shape index (κ1) is 14.5. The van der Waals surface area contributed by atoms with Gasteiger partial charge in [0.2, 0.25) is 0 Å². The van der Waals surface area contributed by atoms with Crippen LogP contribution in [0.1, 0.15) is 23.3 Å². The molecule has 0 saturated carbocycles. The Kier molecular flexibility index (Phi) is 6.98. The summed E-state index contributed by atoms with van der Waals surface area (Å²) >= 11 is 4.85. The molecule has 0 saturated heterocycles. The number of ether oxygens (including phenoxy) is 2. The summed E-state index contributed by atoms with van der Waals surface area (Å²) < 4.78 is 12.6. The topological polar surface area (TPSA) is 18.5 Å². The van der Waals surface area contributed by atoms with Gasteiger partial charge in [-0.15, -0.1) is 0 Å². The maximum Gasteiger partial charge on any atom is 0.196 e. The van der Waals surface area contributed by atoms with Crippen LogP contribution in [0.15, 0.2) is 24.3 Å². The number of halogens is 2. The van der Waals surface area contributed by atoms with Crippen LogP contribution in [0, 0.1) is 0 Å². The average Bonchev–Trinajstić information content (AvgIpc) is 2.29. The van der Waals surface area contributed by atoms with E-state index in [9.17, 15) is 0 Å². The minimum Gasteiger partial charge on any atom is -0.465 e. The lowest BCUT2D eigenvalue weighted by Gasteiger charge is -2.15. The van der Waals surface area contributed by atoms with Crippen LogP contribution in [0.25, 0.3) is 0 Å². The quantitative estimate of drug-likeness (QED) is 0.368. The van der Waals surface area contributed by atoms with Gasteiger partial charge >= 0.3 is 0 Å². The van der Waals surface area contributed by atoms with Crippen molar-refractivity contribution in [3.63, 3.8) is 0 Å². The van der Waals surface area contributed by atoms with Crippen molar-refractivity contribution in [1.82, 2.24) is 0 Å². The zero-order valence-electron chi connectivity index (χ0n) is 9.45. The van der Waals surface area contributed by atoms with E-state index in [2.05, 4.69) is 57.3 Å². The number of rotatable bonds is 6. The zero-order valence-corrected chi connectivity index (χ0v) is 13.8. The fourth-order valence-electron chi connectivity index (χ4n) is 1.30. The van der Waals surface area contributed by atoms with E-state index in [1.165, 1.54) is 5.56 Å². The lowest BCUT2D eigenvalue weighted by Crippen LogP contribution is -2.15. The van der Waals surface area contributed by atoms with Crippen LogP contribution in [-0.4, -0.2) is 17.3 Å². The van der Waals surface area contributed by atoms with Gasteiger partial charge in [0.05, 0.1) is 0 Å². The van der Waals surface area contributed by atoms with E-state index in [4.69, 9.17) is 9.47 Å². The molecule has 2 nitrogen and oxygen atoms in total. The van der Waals surface area contributed by atoms with E-state index in [1.807, 2.05) is 26.0 Å². The Balaban J connectivity index is 2.57. The van der Waals surface area contributed by atoms with E-state index in [-0.39, 0.29) is 6.29 Å². The van der Waals surface area contributed by atoms with Crippen LogP contribution >= 0.6 is 45.2 Å². The molecule has 1 rings (SSSR count). The molecular weight excluding hydrogens is 430 g/mol. The summed E-state index contributed by atoms with van der Waals surface area (Å²) in [4.78, 5) is 0. The van der Waals surface area contributed by atoms with E-state index in [0.29, 0.717) is 10.5 Å². The van der Waals surface area contributed by atoms with Gasteiger partial charge in [-0.1, -0.05) is 57.3 Å². The molecule has 4 heteroatoms. The van der Waals surface area contributed by atoms with Crippen molar-refractivity contribution in [2.24, 2.45) is 0 Å². The van der Waals surface area contributed by atoms with Crippen LogP contribution in [0.3, 0.4) is 0 Å². The van der Waals surface area contributed by atoms with Crippen LogP contribution in [0.2, 0.25) is 0 Å². The van der Waals surface area contributed by atoms with Crippen molar-refractivity contribution in [3.05, 3.63) is 29.8 Å². The number of alkyl halides is 2. The van der Waals surface area contributed by atoms with Gasteiger partial charge < -0.3 is 9.47 Å². The highest BCUT2D eigenvalue weighted by molar-refractivity contribution is 14.1. The lowest BCUT2D eigenvalue weighted by atomic mass is 10.2. The molecule has 0 heterocycles. The van der Waals surface area contributed by atoms with Gasteiger partial charge in [0.25, 0.3) is 0 Å². The molecule has 0 fully saturated rings. The number of benzene rings is 1. The molecule has 0 amide bonds. The van der Waals surface area contributed by atoms with Crippen LogP contribution in [-0.2, 0) is 4.74 Å². The number of hydrogen-bond donors (Lipinski definition) is 0. The lowest BCUT2D eigenvalue weighted by molar-refractivity contribution is -0.0613. The summed E-state index contributed by atoms with van der Waals surface area (Å²) in [6, 6.07) is 8.24. The summed E-state index contributed by atoms with van der Waals surface area (Å²) in [7, 11) is 0. The summed E-state index contributed by atoms with van der Waals surface area (Å²) in [5.41, 5.74) is 1.34. The van der Waals surface area contributed by atoms with Gasteiger partial charge in [0.15, 0.2) is 6.29 Å². The second-order valence-corrected chi connectivity index (χ2v) is 5.72. The molecule has 0 aliphatic carbocycles. The fourth-order valence-corrected chi connectivity index (χ4v) is 2.23. The molecule has 1 aromatic carbocycles. The van der Waals surface area contributed by atoms with Crippen molar-refractivity contribution < 1.29 is 9.47 Å². The second kappa shape index (κ2) is 7.71. The Labute approximate surface area is 124 Å². The second-order valence-electron chi connectivity index (χ2n) is 3.33. The monoisotopic (exact) mass is 446 g/mol. The van der Waals surface area contributed by atoms with Crippen molar-refractivity contribution in [1.29, 1.82) is 0 Å². The predicted octanol–water partition coefficient (Wildman–Crippen LogP) is 4.36. The third kappa shape index (κ3) is 4.75. The summed E-state index contributed by atoms with van der Waals surface area (Å²) in [6.07, 6.45) is -0.184. The SMILES string of the molecule is CCOC(C)Oc1ccc(C(I)CI)cc1. The third-order valence-electron chi connectivity index (χ3n) is 2.08. The Morgan fingerprint density at radius 2 is 1.88 bits per heavy atom. The van der Waals surface area contributed by atoms with Crippen molar-refractivity contribution in [2.75, 3.05) is 11.0 Å². The van der Waals surface area contributed by atoms with Crippen LogP contribution in [0.5, 0.6) is 5.75 Å². The average molecular weight is 446 g/mol. The molecular formula is C12H16I2O2. The maximum absolute atomic E-state index is 5.60. The smallest absolute Gasteiger partial charge is 0.196 e. The fraction of sp³-hybridized carbons (Fsp3) is 0.500. The first-order valence-corrected chi connectivity index (χ1v) is 8.02.